The molecule has 194 valence electrons. The van der Waals surface area contributed by atoms with Gasteiger partial charge in [-0.15, -0.1) is 0 Å². The van der Waals surface area contributed by atoms with Crippen LogP contribution in [-0.4, -0.2) is 69.4 Å². The average molecular weight is 514 g/mol. The van der Waals surface area contributed by atoms with E-state index in [1.807, 2.05) is 19.9 Å². The van der Waals surface area contributed by atoms with E-state index < -0.39 is 9.84 Å². The first-order chi connectivity index (χ1) is 17.1. The summed E-state index contributed by atoms with van der Waals surface area (Å²) in [5, 5.41) is 2.97. The lowest BCUT2D eigenvalue weighted by molar-refractivity contribution is 0.0526. The number of morpholine rings is 1. The minimum absolute atomic E-state index is 0.0495. The first-order valence-electron chi connectivity index (χ1n) is 12.7. The van der Waals surface area contributed by atoms with Crippen LogP contribution in [0.3, 0.4) is 0 Å². The van der Waals surface area contributed by atoms with E-state index in [1.165, 1.54) is 19.1 Å². The van der Waals surface area contributed by atoms with Crippen LogP contribution in [0.25, 0.3) is 0 Å². The number of rotatable bonds is 6. The van der Waals surface area contributed by atoms with Gasteiger partial charge in [0.1, 0.15) is 5.82 Å². The van der Waals surface area contributed by atoms with E-state index in [2.05, 4.69) is 25.1 Å². The van der Waals surface area contributed by atoms with Gasteiger partial charge in [0.05, 0.1) is 24.0 Å². The molecular formula is C26H35N5O4S. The van der Waals surface area contributed by atoms with Gasteiger partial charge in [-0.1, -0.05) is 6.07 Å². The van der Waals surface area contributed by atoms with Crippen molar-refractivity contribution in [3.63, 3.8) is 0 Å². The van der Waals surface area contributed by atoms with E-state index in [1.54, 1.807) is 18.2 Å². The molecule has 2 aliphatic heterocycles. The smallest absolute Gasteiger partial charge is 0.258 e. The molecular weight excluding hydrogens is 478 g/mol. The second-order valence-corrected chi connectivity index (χ2v) is 12.8. The molecule has 1 atom stereocenters. The summed E-state index contributed by atoms with van der Waals surface area (Å²) in [5.74, 6) is 0.715. The van der Waals surface area contributed by atoms with Crippen molar-refractivity contribution in [1.29, 1.82) is 0 Å². The van der Waals surface area contributed by atoms with E-state index in [4.69, 9.17) is 4.74 Å². The van der Waals surface area contributed by atoms with Crippen molar-refractivity contribution in [3.05, 3.63) is 41.1 Å². The minimum atomic E-state index is -3.19. The van der Waals surface area contributed by atoms with Gasteiger partial charge in [-0.2, -0.15) is 4.98 Å². The molecule has 1 aromatic heterocycles. The van der Waals surface area contributed by atoms with Gasteiger partial charge in [-0.05, 0) is 62.6 Å². The number of hydrogen-bond acceptors (Lipinski definition) is 8. The normalized spacial score (nSPS) is 21.5. The largest absolute Gasteiger partial charge is 0.375 e. The van der Waals surface area contributed by atoms with Crippen LogP contribution >= 0.6 is 0 Å². The predicted molar refractivity (Wildman–Crippen MR) is 140 cm³/mol. The standard InChI is InChI=1S/C26H35N5O4S/c1-18-14-23(29-25(27-18)31-12-13-35-19(2)16-31)28-24(32)21-5-4-20(17-36(3,33)34)15-22(21)30-10-8-26(6-7-26)9-11-30/h4-5,14-15,19H,6-13,16-17H2,1-3H3,(H,27,28,29,32)/t19-/m1/s1. The third-order valence-corrected chi connectivity index (χ3v) is 8.32. The molecule has 1 amide bonds. The summed E-state index contributed by atoms with van der Waals surface area (Å²) >= 11 is 0. The van der Waals surface area contributed by atoms with Crippen molar-refractivity contribution in [2.45, 2.75) is 51.4 Å². The molecule has 2 aromatic rings. The van der Waals surface area contributed by atoms with Crippen molar-refractivity contribution < 1.29 is 17.9 Å². The van der Waals surface area contributed by atoms with Gasteiger partial charge < -0.3 is 19.9 Å². The van der Waals surface area contributed by atoms with Gasteiger partial charge in [0.2, 0.25) is 5.95 Å². The summed E-state index contributed by atoms with van der Waals surface area (Å²) in [7, 11) is -3.19. The van der Waals surface area contributed by atoms with E-state index in [0.29, 0.717) is 48.0 Å². The van der Waals surface area contributed by atoms with Crippen LogP contribution in [0.5, 0.6) is 0 Å². The zero-order valence-electron chi connectivity index (χ0n) is 21.3. The number of hydrogen-bond donors (Lipinski definition) is 1. The predicted octanol–water partition coefficient (Wildman–Crippen LogP) is 3.19. The number of piperidine rings is 1. The number of aromatic nitrogens is 2. The maximum absolute atomic E-state index is 13.5. The number of benzene rings is 1. The maximum Gasteiger partial charge on any atom is 0.258 e. The Kier molecular flexibility index (Phi) is 6.67. The molecule has 0 bridgehead atoms. The van der Waals surface area contributed by atoms with E-state index >= 15 is 0 Å². The summed E-state index contributed by atoms with van der Waals surface area (Å²) < 4.78 is 29.5. The lowest BCUT2D eigenvalue weighted by Gasteiger charge is -2.35. The fourth-order valence-corrected chi connectivity index (χ4v) is 6.05. The van der Waals surface area contributed by atoms with Crippen molar-refractivity contribution in [2.75, 3.05) is 54.2 Å². The molecule has 1 aromatic carbocycles. The van der Waals surface area contributed by atoms with Crippen LogP contribution in [0, 0.1) is 12.3 Å². The second-order valence-electron chi connectivity index (χ2n) is 10.7. The Hall–Kier alpha value is -2.72. The monoisotopic (exact) mass is 513 g/mol. The number of nitrogens with one attached hydrogen (secondary N) is 1. The summed E-state index contributed by atoms with van der Waals surface area (Å²) in [6.07, 6.45) is 6.12. The Balaban J connectivity index is 1.40. The number of carbonyl (C=O) groups is 1. The third kappa shape index (κ3) is 5.81. The lowest BCUT2D eigenvalue weighted by Crippen LogP contribution is -2.42. The van der Waals surface area contributed by atoms with Crippen LogP contribution in [-0.2, 0) is 20.3 Å². The minimum Gasteiger partial charge on any atom is -0.375 e. The lowest BCUT2D eigenvalue weighted by atomic mass is 9.92. The molecule has 10 heteroatoms. The topological polar surface area (TPSA) is 105 Å². The van der Waals surface area contributed by atoms with Crippen LogP contribution in [0.2, 0.25) is 0 Å². The van der Waals surface area contributed by atoms with Gasteiger partial charge in [0.15, 0.2) is 9.84 Å². The molecule has 1 aliphatic carbocycles. The summed E-state index contributed by atoms with van der Waals surface area (Å²) in [4.78, 5) is 27.0. The molecule has 3 heterocycles. The highest BCUT2D eigenvalue weighted by atomic mass is 32.2. The number of anilines is 3. The Morgan fingerprint density at radius 3 is 2.53 bits per heavy atom. The number of ether oxygens (including phenoxy) is 1. The first kappa shape index (κ1) is 25.0. The highest BCUT2D eigenvalue weighted by Crippen LogP contribution is 2.54. The van der Waals surface area contributed by atoms with Gasteiger partial charge in [-0.25, -0.2) is 13.4 Å². The number of nitrogens with zero attached hydrogens (tertiary/aromatic N) is 4. The van der Waals surface area contributed by atoms with Crippen LogP contribution in [0.1, 0.15) is 54.2 Å². The van der Waals surface area contributed by atoms with Crippen molar-refractivity contribution in [2.24, 2.45) is 5.41 Å². The Labute approximate surface area is 213 Å². The fourth-order valence-electron chi connectivity index (χ4n) is 5.26. The molecule has 1 saturated carbocycles. The number of sulfone groups is 1. The molecule has 2 saturated heterocycles. The molecule has 1 spiro atoms. The van der Waals surface area contributed by atoms with E-state index in [0.717, 1.165) is 37.3 Å². The SMILES string of the molecule is Cc1cc(NC(=O)c2ccc(CS(C)(=O)=O)cc2N2CCC3(CC2)CC3)nc(N2CCO[C@H](C)C2)n1. The van der Waals surface area contributed by atoms with Crippen molar-refractivity contribution in [3.8, 4) is 0 Å². The molecule has 0 unspecified atom stereocenters. The number of carbonyl (C=O) groups excluding carboxylic acids is 1. The highest BCUT2D eigenvalue weighted by Gasteiger charge is 2.44. The number of amides is 1. The summed E-state index contributed by atoms with van der Waals surface area (Å²) in [6, 6.07) is 7.11. The van der Waals surface area contributed by atoms with E-state index in [-0.39, 0.29) is 17.8 Å². The molecule has 5 rings (SSSR count). The molecule has 3 aliphatic rings. The summed E-state index contributed by atoms with van der Waals surface area (Å²) in [6.45, 7) is 7.65. The molecule has 0 radical (unpaired) electrons. The van der Waals surface area contributed by atoms with Crippen LogP contribution in [0.4, 0.5) is 17.5 Å². The van der Waals surface area contributed by atoms with Gasteiger partial charge in [-0.3, -0.25) is 4.79 Å². The Morgan fingerprint density at radius 2 is 1.86 bits per heavy atom. The fraction of sp³-hybridized carbons (Fsp3) is 0.577. The van der Waals surface area contributed by atoms with Crippen LogP contribution < -0.4 is 15.1 Å². The molecule has 36 heavy (non-hydrogen) atoms. The summed E-state index contributed by atoms with van der Waals surface area (Å²) in [5.41, 5.74) is 3.27. The van der Waals surface area contributed by atoms with Gasteiger partial charge in [0.25, 0.3) is 5.91 Å². The first-order valence-corrected chi connectivity index (χ1v) is 14.7. The van der Waals surface area contributed by atoms with Crippen molar-refractivity contribution >= 4 is 33.2 Å². The quantitative estimate of drug-likeness (QED) is 0.628. The zero-order chi connectivity index (χ0) is 25.5. The second kappa shape index (κ2) is 9.63. The van der Waals surface area contributed by atoms with Crippen molar-refractivity contribution in [1.82, 2.24) is 9.97 Å². The number of aryl methyl sites for hydroxylation is 1. The average Bonchev–Trinajstić information content (AvgIpc) is 3.56. The Morgan fingerprint density at radius 1 is 1.11 bits per heavy atom. The van der Waals surface area contributed by atoms with E-state index in [9.17, 15) is 13.2 Å². The zero-order valence-corrected chi connectivity index (χ0v) is 22.1. The molecule has 9 nitrogen and oxygen atoms in total. The maximum atomic E-state index is 13.5. The molecule has 3 fully saturated rings. The van der Waals surface area contributed by atoms with Crippen LogP contribution in [0.15, 0.2) is 24.3 Å². The Bertz CT molecular complexity index is 1250. The van der Waals surface area contributed by atoms with Gasteiger partial charge >= 0.3 is 0 Å². The van der Waals surface area contributed by atoms with Gasteiger partial charge in [0, 0.05) is 49.9 Å². The molecule has 1 N–H and O–H groups in total. The third-order valence-electron chi connectivity index (χ3n) is 7.47. The highest BCUT2D eigenvalue weighted by molar-refractivity contribution is 7.89.